The van der Waals surface area contributed by atoms with Crippen LogP contribution in [-0.4, -0.2) is 51.3 Å². The molecule has 6 nitrogen and oxygen atoms in total. The predicted molar refractivity (Wildman–Crippen MR) is 127 cm³/mol. The molecule has 33 heavy (non-hydrogen) atoms. The standard InChI is InChI=1S/C25H26FN3O3S/c1-14-6-7-17-21(10-14)33-12-15-4-2-3-5-16(15)22(17)29-13-27(19-11-18(19)26)25(32)23-24(31)20(30)8-9-28(23)29/h3,5-9,14,18-19,22,31H,2,4,10-13H2,1H3/t14?,18-,19?,22?/m0/s1. The van der Waals surface area contributed by atoms with Gasteiger partial charge in [0.2, 0.25) is 5.43 Å². The van der Waals surface area contributed by atoms with Crippen LogP contribution in [0.3, 0.4) is 0 Å². The number of nitrogens with zero attached hydrogens (tertiary/aromatic N) is 3. The van der Waals surface area contributed by atoms with E-state index in [-0.39, 0.29) is 24.8 Å². The number of carbonyl (C=O) groups is 1. The highest BCUT2D eigenvalue weighted by Crippen LogP contribution is 2.44. The number of fused-ring (bicyclic) bond motifs is 1. The van der Waals surface area contributed by atoms with E-state index in [1.165, 1.54) is 32.6 Å². The van der Waals surface area contributed by atoms with Gasteiger partial charge in [-0.1, -0.05) is 36.8 Å². The first-order valence-electron chi connectivity index (χ1n) is 11.5. The van der Waals surface area contributed by atoms with Crippen molar-refractivity contribution in [2.45, 2.75) is 50.9 Å². The van der Waals surface area contributed by atoms with E-state index in [1.54, 1.807) is 10.9 Å². The lowest BCUT2D eigenvalue weighted by Crippen LogP contribution is -2.59. The summed E-state index contributed by atoms with van der Waals surface area (Å²) in [6.07, 6.45) is 12.5. The monoisotopic (exact) mass is 467 g/mol. The minimum atomic E-state index is -1.07. The molecule has 3 unspecified atom stereocenters. The molecular formula is C25H26FN3O3S. The molecule has 3 aliphatic carbocycles. The second-order valence-corrected chi connectivity index (χ2v) is 10.6. The van der Waals surface area contributed by atoms with Crippen LogP contribution in [0.4, 0.5) is 4.39 Å². The molecule has 1 N–H and O–H groups in total. The quantitative estimate of drug-likeness (QED) is 0.720. The Balaban J connectivity index is 1.56. The third-order valence-corrected chi connectivity index (χ3v) is 8.48. The van der Waals surface area contributed by atoms with Crippen molar-refractivity contribution >= 4 is 17.7 Å². The summed E-state index contributed by atoms with van der Waals surface area (Å²) in [6.45, 7) is 2.40. The largest absolute Gasteiger partial charge is 0.502 e. The van der Waals surface area contributed by atoms with Gasteiger partial charge in [-0.3, -0.25) is 19.3 Å². The zero-order valence-electron chi connectivity index (χ0n) is 18.4. The Kier molecular flexibility index (Phi) is 4.83. The van der Waals surface area contributed by atoms with Gasteiger partial charge in [0, 0.05) is 24.4 Å². The third-order valence-electron chi connectivity index (χ3n) is 7.23. The molecule has 1 saturated carbocycles. The van der Waals surface area contributed by atoms with Crippen LogP contribution < -0.4 is 10.4 Å². The summed E-state index contributed by atoms with van der Waals surface area (Å²) < 4.78 is 15.7. The van der Waals surface area contributed by atoms with E-state index in [1.807, 2.05) is 16.8 Å². The summed E-state index contributed by atoms with van der Waals surface area (Å²) in [7, 11) is 0. The molecule has 1 aromatic heterocycles. The summed E-state index contributed by atoms with van der Waals surface area (Å²) in [4.78, 5) is 28.4. The average Bonchev–Trinajstić information content (AvgIpc) is 3.56. The van der Waals surface area contributed by atoms with Crippen LogP contribution in [0.1, 0.15) is 43.1 Å². The van der Waals surface area contributed by atoms with Gasteiger partial charge in [0.15, 0.2) is 11.4 Å². The predicted octanol–water partition coefficient (Wildman–Crippen LogP) is 3.63. The van der Waals surface area contributed by atoms with Crippen LogP contribution in [-0.2, 0) is 0 Å². The number of aromatic nitrogens is 1. The van der Waals surface area contributed by atoms with Gasteiger partial charge in [0.1, 0.15) is 12.8 Å². The first-order chi connectivity index (χ1) is 15.9. The number of alkyl halides is 1. The molecule has 8 heteroatoms. The maximum atomic E-state index is 14.1. The molecule has 1 fully saturated rings. The van der Waals surface area contributed by atoms with Gasteiger partial charge < -0.3 is 10.0 Å². The van der Waals surface area contributed by atoms with Crippen molar-refractivity contribution in [1.29, 1.82) is 0 Å². The normalized spacial score (nSPS) is 30.8. The first-order valence-corrected chi connectivity index (χ1v) is 12.5. The van der Waals surface area contributed by atoms with E-state index in [4.69, 9.17) is 0 Å². The number of aromatic hydroxyl groups is 1. The zero-order valence-corrected chi connectivity index (χ0v) is 19.2. The van der Waals surface area contributed by atoms with Crippen molar-refractivity contribution in [1.82, 2.24) is 9.58 Å². The van der Waals surface area contributed by atoms with Gasteiger partial charge in [-0.05, 0) is 41.2 Å². The summed E-state index contributed by atoms with van der Waals surface area (Å²) >= 11 is 1.89. The van der Waals surface area contributed by atoms with Gasteiger partial charge in [-0.15, -0.1) is 11.8 Å². The van der Waals surface area contributed by atoms with Crippen LogP contribution in [0, 0.1) is 5.92 Å². The molecule has 0 bridgehead atoms. The molecule has 172 valence electrons. The fourth-order valence-corrected chi connectivity index (χ4v) is 6.74. The van der Waals surface area contributed by atoms with Crippen LogP contribution in [0.5, 0.6) is 5.75 Å². The second-order valence-electron chi connectivity index (χ2n) is 9.51. The lowest BCUT2D eigenvalue weighted by molar-refractivity contribution is 0.0652. The Hall–Kier alpha value is -2.74. The summed E-state index contributed by atoms with van der Waals surface area (Å²) in [5.74, 6) is 0.313. The molecule has 0 saturated heterocycles. The van der Waals surface area contributed by atoms with Crippen molar-refractivity contribution in [2.24, 2.45) is 5.92 Å². The molecule has 2 aliphatic heterocycles. The minimum Gasteiger partial charge on any atom is -0.502 e. The summed E-state index contributed by atoms with van der Waals surface area (Å²) in [6, 6.07) is 0.572. The SMILES string of the molecule is CC1C=CC2=C(C1)SCC1=C(C=CCC1)C2N1CN(C2C[C@@H]2F)C(=O)c2c(O)c(=O)ccn21. The van der Waals surface area contributed by atoms with Crippen molar-refractivity contribution < 1.29 is 14.3 Å². The number of amides is 1. The van der Waals surface area contributed by atoms with E-state index in [2.05, 4.69) is 31.2 Å². The molecule has 1 aromatic rings. The summed E-state index contributed by atoms with van der Waals surface area (Å²) in [5, 5.41) is 12.6. The van der Waals surface area contributed by atoms with E-state index in [0.717, 1.165) is 25.0 Å². The lowest BCUT2D eigenvalue weighted by Gasteiger charge is -2.45. The summed E-state index contributed by atoms with van der Waals surface area (Å²) in [5.41, 5.74) is 3.07. The lowest BCUT2D eigenvalue weighted by atomic mass is 9.85. The highest BCUT2D eigenvalue weighted by Gasteiger charge is 2.49. The molecule has 4 atom stereocenters. The Labute approximate surface area is 195 Å². The third kappa shape index (κ3) is 3.29. The number of thioether (sulfide) groups is 1. The Morgan fingerprint density at radius 1 is 1.21 bits per heavy atom. The molecule has 1 amide bonds. The number of hydrogen-bond donors (Lipinski definition) is 1. The Bertz CT molecular complexity index is 1230. The number of halogens is 1. The van der Waals surface area contributed by atoms with Crippen molar-refractivity contribution in [2.75, 3.05) is 17.4 Å². The van der Waals surface area contributed by atoms with Crippen molar-refractivity contribution in [3.63, 3.8) is 0 Å². The van der Waals surface area contributed by atoms with Gasteiger partial charge in [0.05, 0.1) is 12.1 Å². The van der Waals surface area contributed by atoms with E-state index in [9.17, 15) is 19.1 Å². The smallest absolute Gasteiger partial charge is 0.278 e. The van der Waals surface area contributed by atoms with Crippen LogP contribution in [0.15, 0.2) is 63.0 Å². The zero-order chi connectivity index (χ0) is 22.9. The molecule has 0 spiro atoms. The molecular weight excluding hydrogens is 441 g/mol. The number of carbonyl (C=O) groups excluding carboxylic acids is 1. The highest BCUT2D eigenvalue weighted by molar-refractivity contribution is 8.03. The van der Waals surface area contributed by atoms with Gasteiger partial charge >= 0.3 is 0 Å². The fraction of sp³-hybridized carbons (Fsp3) is 0.440. The maximum Gasteiger partial charge on any atom is 0.278 e. The van der Waals surface area contributed by atoms with E-state index < -0.39 is 29.3 Å². The fourth-order valence-electron chi connectivity index (χ4n) is 5.35. The number of rotatable bonds is 2. The second kappa shape index (κ2) is 7.65. The minimum absolute atomic E-state index is 0.0815. The first kappa shape index (κ1) is 20.8. The average molecular weight is 468 g/mol. The van der Waals surface area contributed by atoms with E-state index >= 15 is 0 Å². The van der Waals surface area contributed by atoms with Gasteiger partial charge in [-0.2, -0.15) is 0 Å². The molecule has 0 aromatic carbocycles. The topological polar surface area (TPSA) is 65.8 Å². The number of hydrogen-bond acceptors (Lipinski definition) is 5. The Morgan fingerprint density at radius 3 is 2.82 bits per heavy atom. The van der Waals surface area contributed by atoms with Crippen LogP contribution in [0.2, 0.25) is 0 Å². The van der Waals surface area contributed by atoms with Gasteiger partial charge in [0.25, 0.3) is 5.91 Å². The Morgan fingerprint density at radius 2 is 2.03 bits per heavy atom. The maximum absolute atomic E-state index is 14.1. The number of allylic oxidation sites excluding steroid dienone is 3. The molecule has 5 aliphatic rings. The van der Waals surface area contributed by atoms with E-state index in [0.29, 0.717) is 5.92 Å². The molecule has 3 heterocycles. The van der Waals surface area contributed by atoms with Crippen LogP contribution >= 0.6 is 11.8 Å². The number of pyridine rings is 1. The molecule has 6 rings (SSSR count). The highest BCUT2D eigenvalue weighted by atomic mass is 32.2. The van der Waals surface area contributed by atoms with Crippen LogP contribution in [0.25, 0.3) is 0 Å². The van der Waals surface area contributed by atoms with Crippen molar-refractivity contribution in [3.05, 3.63) is 74.1 Å². The van der Waals surface area contributed by atoms with Crippen molar-refractivity contribution in [3.8, 4) is 5.75 Å². The van der Waals surface area contributed by atoms with Gasteiger partial charge in [-0.25, -0.2) is 4.39 Å². The molecule has 0 radical (unpaired) electrons.